The van der Waals surface area contributed by atoms with Crippen LogP contribution in [0.2, 0.25) is 5.02 Å². The summed E-state index contributed by atoms with van der Waals surface area (Å²) in [5.74, 6) is 0. The highest BCUT2D eigenvalue weighted by Gasteiger charge is 2.08. The first-order valence-electron chi connectivity index (χ1n) is 5.77. The molecule has 1 N–H and O–H groups in total. The molecular weight excluding hydrogens is 254 g/mol. The van der Waals surface area contributed by atoms with Crippen LogP contribution in [0.15, 0.2) is 24.3 Å². The summed E-state index contributed by atoms with van der Waals surface area (Å²) < 4.78 is 6.52. The molecule has 0 atom stereocenters. The lowest BCUT2D eigenvalue weighted by molar-refractivity contribution is 0.149. The van der Waals surface area contributed by atoms with Crippen molar-refractivity contribution in [3.8, 4) is 0 Å². The van der Waals surface area contributed by atoms with Crippen LogP contribution in [0.5, 0.6) is 0 Å². The Balaban J connectivity index is 1.97. The van der Waals surface area contributed by atoms with Gasteiger partial charge in [-0.15, -0.1) is 11.3 Å². The molecule has 2 rings (SSSR count). The minimum Gasteiger partial charge on any atom is -0.380 e. The van der Waals surface area contributed by atoms with Crippen molar-refractivity contribution in [2.45, 2.75) is 13.5 Å². The highest BCUT2D eigenvalue weighted by Crippen LogP contribution is 2.34. The van der Waals surface area contributed by atoms with Crippen molar-refractivity contribution in [3.63, 3.8) is 0 Å². The van der Waals surface area contributed by atoms with Gasteiger partial charge in [0.05, 0.1) is 11.6 Å². The van der Waals surface area contributed by atoms with Crippen LogP contribution in [-0.4, -0.2) is 19.8 Å². The fourth-order valence-corrected chi connectivity index (χ4v) is 3.14. The maximum atomic E-state index is 6.34. The van der Waals surface area contributed by atoms with Gasteiger partial charge >= 0.3 is 0 Å². The van der Waals surface area contributed by atoms with E-state index in [0.717, 1.165) is 36.7 Å². The van der Waals surface area contributed by atoms with Crippen LogP contribution in [0.4, 0.5) is 0 Å². The summed E-state index contributed by atoms with van der Waals surface area (Å²) in [7, 11) is 0. The molecule has 4 heteroatoms. The van der Waals surface area contributed by atoms with Gasteiger partial charge in [0, 0.05) is 34.7 Å². The Bertz CT molecular complexity index is 483. The molecule has 0 aliphatic rings. The lowest BCUT2D eigenvalue weighted by Gasteiger charge is -2.03. The van der Waals surface area contributed by atoms with Gasteiger partial charge in [-0.2, -0.15) is 0 Å². The zero-order valence-electron chi connectivity index (χ0n) is 9.83. The maximum Gasteiger partial charge on any atom is 0.0636 e. The highest BCUT2D eigenvalue weighted by molar-refractivity contribution is 7.19. The molecule has 2 nitrogen and oxygen atoms in total. The van der Waals surface area contributed by atoms with E-state index in [9.17, 15) is 0 Å². The fraction of sp³-hybridized carbons (Fsp3) is 0.385. The second-order valence-electron chi connectivity index (χ2n) is 3.71. The van der Waals surface area contributed by atoms with E-state index in [1.807, 2.05) is 19.1 Å². The third-order valence-corrected chi connectivity index (χ3v) is 4.23. The summed E-state index contributed by atoms with van der Waals surface area (Å²) in [5, 5.41) is 5.38. The number of fused-ring (bicyclic) bond motifs is 1. The molecule has 0 spiro atoms. The van der Waals surface area contributed by atoms with Crippen molar-refractivity contribution in [3.05, 3.63) is 34.2 Å². The second-order valence-corrected chi connectivity index (χ2v) is 5.22. The molecule has 0 unspecified atom stereocenters. The van der Waals surface area contributed by atoms with Gasteiger partial charge in [0.25, 0.3) is 0 Å². The van der Waals surface area contributed by atoms with Crippen molar-refractivity contribution in [2.24, 2.45) is 0 Å². The average Bonchev–Trinajstić information content (AvgIpc) is 2.67. The number of benzene rings is 1. The quantitative estimate of drug-likeness (QED) is 0.808. The van der Waals surface area contributed by atoms with E-state index < -0.39 is 0 Å². The smallest absolute Gasteiger partial charge is 0.0636 e. The molecule has 0 bridgehead atoms. The number of ether oxygens (including phenoxy) is 1. The molecule has 0 fully saturated rings. The summed E-state index contributed by atoms with van der Waals surface area (Å²) in [5.41, 5.74) is 0. The first kappa shape index (κ1) is 12.8. The molecule has 17 heavy (non-hydrogen) atoms. The van der Waals surface area contributed by atoms with Crippen molar-refractivity contribution in [2.75, 3.05) is 19.8 Å². The Morgan fingerprint density at radius 2 is 2.18 bits per heavy atom. The number of thiophene rings is 1. The van der Waals surface area contributed by atoms with E-state index >= 15 is 0 Å². The summed E-state index contributed by atoms with van der Waals surface area (Å²) >= 11 is 8.09. The fourth-order valence-electron chi connectivity index (χ4n) is 1.67. The number of halogens is 1. The molecule has 1 heterocycles. The summed E-state index contributed by atoms with van der Waals surface area (Å²) in [4.78, 5) is 1.20. The Morgan fingerprint density at radius 3 is 2.94 bits per heavy atom. The standard InChI is InChI=1S/C13H16ClNOS/c1-2-16-8-7-15-9-12-13(14)10-5-3-4-6-11(10)17-12/h3-6,15H,2,7-9H2,1H3. The van der Waals surface area contributed by atoms with Gasteiger partial charge in [0.1, 0.15) is 0 Å². The van der Waals surface area contributed by atoms with Crippen molar-refractivity contribution in [1.29, 1.82) is 0 Å². The third kappa shape index (κ3) is 3.19. The minimum absolute atomic E-state index is 0.749. The van der Waals surface area contributed by atoms with Crippen molar-refractivity contribution >= 4 is 33.0 Å². The Morgan fingerprint density at radius 1 is 1.35 bits per heavy atom. The van der Waals surface area contributed by atoms with E-state index in [2.05, 4.69) is 17.4 Å². The van der Waals surface area contributed by atoms with Gasteiger partial charge in [-0.05, 0) is 13.0 Å². The monoisotopic (exact) mass is 269 g/mol. The van der Waals surface area contributed by atoms with E-state index in [0.29, 0.717) is 0 Å². The van der Waals surface area contributed by atoms with Crippen LogP contribution in [0.1, 0.15) is 11.8 Å². The molecular formula is C13H16ClNOS. The normalized spacial score (nSPS) is 11.2. The number of hydrogen-bond acceptors (Lipinski definition) is 3. The summed E-state index contributed by atoms with van der Waals surface area (Å²) in [6, 6.07) is 8.24. The molecule has 2 aromatic rings. The second kappa shape index (κ2) is 6.36. The molecule has 0 saturated heterocycles. The van der Waals surface area contributed by atoms with Crippen LogP contribution in [0.3, 0.4) is 0 Å². The zero-order valence-corrected chi connectivity index (χ0v) is 11.4. The average molecular weight is 270 g/mol. The largest absolute Gasteiger partial charge is 0.380 e. The third-order valence-electron chi connectivity index (χ3n) is 2.51. The summed E-state index contributed by atoms with van der Waals surface area (Å²) in [6.45, 7) is 5.19. The zero-order chi connectivity index (χ0) is 12.1. The Kier molecular flexibility index (Phi) is 4.80. The van der Waals surface area contributed by atoms with Crippen molar-refractivity contribution in [1.82, 2.24) is 5.32 Å². The van der Waals surface area contributed by atoms with Crippen LogP contribution in [-0.2, 0) is 11.3 Å². The molecule has 0 aliphatic heterocycles. The lowest BCUT2D eigenvalue weighted by Crippen LogP contribution is -2.18. The van der Waals surface area contributed by atoms with Crippen LogP contribution >= 0.6 is 22.9 Å². The summed E-state index contributed by atoms with van der Waals surface area (Å²) in [6.07, 6.45) is 0. The lowest BCUT2D eigenvalue weighted by atomic mass is 10.2. The van der Waals surface area contributed by atoms with E-state index in [1.165, 1.54) is 9.58 Å². The van der Waals surface area contributed by atoms with Crippen molar-refractivity contribution < 1.29 is 4.74 Å². The molecule has 0 saturated carbocycles. The van der Waals surface area contributed by atoms with Crippen LogP contribution < -0.4 is 5.32 Å². The van der Waals surface area contributed by atoms with Gasteiger partial charge in [-0.1, -0.05) is 29.8 Å². The molecule has 0 aliphatic carbocycles. The van der Waals surface area contributed by atoms with Crippen LogP contribution in [0, 0.1) is 0 Å². The predicted octanol–water partition coefficient (Wildman–Crippen LogP) is 3.68. The van der Waals surface area contributed by atoms with E-state index in [4.69, 9.17) is 16.3 Å². The molecule has 1 aromatic heterocycles. The number of hydrogen-bond donors (Lipinski definition) is 1. The maximum absolute atomic E-state index is 6.34. The minimum atomic E-state index is 0.749. The highest BCUT2D eigenvalue weighted by atomic mass is 35.5. The van der Waals surface area contributed by atoms with E-state index in [-0.39, 0.29) is 0 Å². The molecule has 0 radical (unpaired) electrons. The van der Waals surface area contributed by atoms with Gasteiger partial charge in [-0.3, -0.25) is 0 Å². The van der Waals surface area contributed by atoms with Gasteiger partial charge in [0.15, 0.2) is 0 Å². The molecule has 1 aromatic carbocycles. The molecule has 0 amide bonds. The Hall–Kier alpha value is -0.610. The van der Waals surface area contributed by atoms with Gasteiger partial charge in [0.2, 0.25) is 0 Å². The SMILES string of the molecule is CCOCCNCc1sc2ccccc2c1Cl. The van der Waals surface area contributed by atoms with E-state index in [1.54, 1.807) is 11.3 Å². The number of rotatable bonds is 6. The van der Waals surface area contributed by atoms with Gasteiger partial charge in [-0.25, -0.2) is 0 Å². The number of nitrogens with one attached hydrogen (secondary N) is 1. The van der Waals surface area contributed by atoms with Gasteiger partial charge < -0.3 is 10.1 Å². The first-order chi connectivity index (χ1) is 8.33. The predicted molar refractivity (Wildman–Crippen MR) is 75.0 cm³/mol. The Labute approximate surface area is 111 Å². The molecule has 92 valence electrons. The topological polar surface area (TPSA) is 21.3 Å². The van der Waals surface area contributed by atoms with Crippen LogP contribution in [0.25, 0.3) is 10.1 Å². The first-order valence-corrected chi connectivity index (χ1v) is 6.96.